The second-order valence-corrected chi connectivity index (χ2v) is 4.73. The van der Waals surface area contributed by atoms with Crippen molar-refractivity contribution < 1.29 is 28.2 Å². The van der Waals surface area contributed by atoms with Crippen LogP contribution in [0.4, 0.5) is 8.78 Å². The molecule has 0 aliphatic heterocycles. The van der Waals surface area contributed by atoms with Crippen LogP contribution in [0.25, 0.3) is 0 Å². The van der Waals surface area contributed by atoms with E-state index in [1.165, 1.54) is 6.07 Å². The van der Waals surface area contributed by atoms with Gasteiger partial charge in [0.1, 0.15) is 5.82 Å². The normalized spacial score (nSPS) is 10.3. The topological polar surface area (TPSA) is 75.6 Å². The van der Waals surface area contributed by atoms with Crippen molar-refractivity contribution in [3.8, 4) is 5.75 Å². The molecule has 0 aliphatic carbocycles. The van der Waals surface area contributed by atoms with E-state index < -0.39 is 17.6 Å². The lowest BCUT2D eigenvalue weighted by atomic mass is 10.2. The summed E-state index contributed by atoms with van der Waals surface area (Å²) < 4.78 is 31.0. The molecule has 0 unspecified atom stereocenters. The molecule has 2 N–H and O–H groups in total. The van der Waals surface area contributed by atoms with E-state index in [0.29, 0.717) is 25.8 Å². The molecule has 5 nitrogen and oxygen atoms in total. The third kappa shape index (κ3) is 7.56. The average molecular weight is 315 g/mol. The Morgan fingerprint density at radius 3 is 2.59 bits per heavy atom. The smallest absolute Gasteiger partial charge is 0.303 e. The molecule has 1 amide bonds. The number of benzene rings is 1. The highest BCUT2D eigenvalue weighted by Gasteiger charge is 2.06. The minimum absolute atomic E-state index is 0.0459. The monoisotopic (exact) mass is 315 g/mol. The Balaban J connectivity index is 2.08. The predicted molar refractivity (Wildman–Crippen MR) is 75.6 cm³/mol. The van der Waals surface area contributed by atoms with Crippen molar-refractivity contribution in [1.82, 2.24) is 5.32 Å². The fourth-order valence-electron chi connectivity index (χ4n) is 1.72. The highest BCUT2D eigenvalue weighted by atomic mass is 19.1. The SMILES string of the molecule is O=C(O)CCCCNC(=O)CCCOc1ccc(F)cc1F. The van der Waals surface area contributed by atoms with Gasteiger partial charge in [0.25, 0.3) is 0 Å². The van der Waals surface area contributed by atoms with Crippen molar-refractivity contribution in [2.45, 2.75) is 32.1 Å². The van der Waals surface area contributed by atoms with Gasteiger partial charge in [0.15, 0.2) is 11.6 Å². The van der Waals surface area contributed by atoms with E-state index in [1.54, 1.807) is 0 Å². The van der Waals surface area contributed by atoms with E-state index in [1.807, 2.05) is 0 Å². The lowest BCUT2D eigenvalue weighted by Gasteiger charge is -2.07. The molecule has 122 valence electrons. The maximum Gasteiger partial charge on any atom is 0.303 e. The number of aliphatic carboxylic acids is 1. The standard InChI is InChI=1S/C15H19F2NO4/c16-11-6-7-13(12(17)10-11)22-9-3-4-14(19)18-8-2-1-5-15(20)21/h6-7,10H,1-5,8-9H2,(H,18,19)(H,20,21). The predicted octanol–water partition coefficient (Wildman–Crippen LogP) is 2.49. The molecule has 0 saturated carbocycles. The number of nitrogens with one attached hydrogen (secondary N) is 1. The summed E-state index contributed by atoms with van der Waals surface area (Å²) in [5.41, 5.74) is 0. The number of hydrogen-bond donors (Lipinski definition) is 2. The van der Waals surface area contributed by atoms with Crippen molar-refractivity contribution in [2.24, 2.45) is 0 Å². The Bertz CT molecular complexity index is 508. The first-order valence-electron chi connectivity index (χ1n) is 7.05. The minimum atomic E-state index is -0.850. The Hall–Kier alpha value is -2.18. The summed E-state index contributed by atoms with van der Waals surface area (Å²) >= 11 is 0. The van der Waals surface area contributed by atoms with Crippen LogP contribution in [-0.4, -0.2) is 30.1 Å². The summed E-state index contributed by atoms with van der Waals surface area (Å²) in [6.45, 7) is 0.578. The number of ether oxygens (including phenoxy) is 1. The van der Waals surface area contributed by atoms with E-state index in [4.69, 9.17) is 9.84 Å². The lowest BCUT2D eigenvalue weighted by Crippen LogP contribution is -2.24. The fraction of sp³-hybridized carbons (Fsp3) is 0.467. The Labute approximate surface area is 127 Å². The largest absolute Gasteiger partial charge is 0.491 e. The molecule has 0 spiro atoms. The maximum absolute atomic E-state index is 13.2. The average Bonchev–Trinajstić information content (AvgIpc) is 2.44. The number of carbonyl (C=O) groups excluding carboxylic acids is 1. The van der Waals surface area contributed by atoms with Gasteiger partial charge in [0.05, 0.1) is 6.61 Å². The quantitative estimate of drug-likeness (QED) is 0.651. The number of unbranched alkanes of at least 4 members (excludes halogenated alkanes) is 1. The third-order valence-corrected chi connectivity index (χ3v) is 2.84. The first-order chi connectivity index (χ1) is 10.5. The number of amides is 1. The van der Waals surface area contributed by atoms with Gasteiger partial charge in [0.2, 0.25) is 5.91 Å². The van der Waals surface area contributed by atoms with Crippen LogP contribution < -0.4 is 10.1 Å². The first-order valence-corrected chi connectivity index (χ1v) is 7.05. The zero-order valence-corrected chi connectivity index (χ0v) is 12.1. The van der Waals surface area contributed by atoms with Crippen LogP contribution in [0.3, 0.4) is 0 Å². The highest BCUT2D eigenvalue weighted by molar-refractivity contribution is 5.75. The molecule has 0 heterocycles. The van der Waals surface area contributed by atoms with Gasteiger partial charge in [-0.1, -0.05) is 0 Å². The fourth-order valence-corrected chi connectivity index (χ4v) is 1.72. The van der Waals surface area contributed by atoms with Crippen LogP contribution in [0.2, 0.25) is 0 Å². The number of carbonyl (C=O) groups is 2. The van der Waals surface area contributed by atoms with Crippen molar-refractivity contribution >= 4 is 11.9 Å². The third-order valence-electron chi connectivity index (χ3n) is 2.84. The molecule has 1 aromatic carbocycles. The van der Waals surface area contributed by atoms with Crippen LogP contribution in [0, 0.1) is 11.6 Å². The van der Waals surface area contributed by atoms with E-state index in [2.05, 4.69) is 5.32 Å². The van der Waals surface area contributed by atoms with Crippen LogP contribution in [0.1, 0.15) is 32.1 Å². The molecule has 0 radical (unpaired) electrons. The summed E-state index contributed by atoms with van der Waals surface area (Å²) in [4.78, 5) is 21.7. The van der Waals surface area contributed by atoms with Gasteiger partial charge in [0, 0.05) is 25.5 Å². The number of carboxylic acids is 1. The van der Waals surface area contributed by atoms with Crippen LogP contribution in [0.15, 0.2) is 18.2 Å². The molecule has 0 aliphatic rings. The molecule has 22 heavy (non-hydrogen) atoms. The Morgan fingerprint density at radius 1 is 1.14 bits per heavy atom. The summed E-state index contributed by atoms with van der Waals surface area (Å²) in [7, 11) is 0. The van der Waals surface area contributed by atoms with Crippen LogP contribution >= 0.6 is 0 Å². The maximum atomic E-state index is 13.2. The van der Waals surface area contributed by atoms with E-state index >= 15 is 0 Å². The van der Waals surface area contributed by atoms with Crippen molar-refractivity contribution in [2.75, 3.05) is 13.2 Å². The molecule has 0 aromatic heterocycles. The molecule has 0 bridgehead atoms. The molecule has 1 aromatic rings. The van der Waals surface area contributed by atoms with Crippen LogP contribution in [0.5, 0.6) is 5.75 Å². The number of hydrogen-bond acceptors (Lipinski definition) is 3. The molecule has 0 atom stereocenters. The van der Waals surface area contributed by atoms with Crippen LogP contribution in [-0.2, 0) is 9.59 Å². The summed E-state index contributed by atoms with van der Waals surface area (Å²) in [5, 5.41) is 11.1. The highest BCUT2D eigenvalue weighted by Crippen LogP contribution is 2.17. The summed E-state index contributed by atoms with van der Waals surface area (Å²) in [5.74, 6) is -2.51. The van der Waals surface area contributed by atoms with Crippen molar-refractivity contribution in [1.29, 1.82) is 0 Å². The van der Waals surface area contributed by atoms with Gasteiger partial charge in [-0.3, -0.25) is 9.59 Å². The van der Waals surface area contributed by atoms with E-state index in [-0.39, 0.29) is 31.1 Å². The zero-order valence-electron chi connectivity index (χ0n) is 12.1. The second kappa shape index (κ2) is 9.70. The van der Waals surface area contributed by atoms with Gasteiger partial charge in [-0.25, -0.2) is 8.78 Å². The molecule has 0 fully saturated rings. The van der Waals surface area contributed by atoms with Gasteiger partial charge < -0.3 is 15.2 Å². The molecule has 0 saturated heterocycles. The van der Waals surface area contributed by atoms with Gasteiger partial charge in [-0.05, 0) is 31.4 Å². The first kappa shape index (κ1) is 17.9. The van der Waals surface area contributed by atoms with E-state index in [0.717, 1.165) is 12.1 Å². The van der Waals surface area contributed by atoms with Gasteiger partial charge in [-0.15, -0.1) is 0 Å². The van der Waals surface area contributed by atoms with Crippen molar-refractivity contribution in [3.63, 3.8) is 0 Å². The number of halogens is 2. The molecule has 1 rings (SSSR count). The Kier molecular flexibility index (Phi) is 7.88. The number of carboxylic acid groups (broad SMARTS) is 1. The zero-order chi connectivity index (χ0) is 16.4. The Morgan fingerprint density at radius 2 is 1.91 bits per heavy atom. The minimum Gasteiger partial charge on any atom is -0.491 e. The molecular weight excluding hydrogens is 296 g/mol. The summed E-state index contributed by atoms with van der Waals surface area (Å²) in [6, 6.07) is 3.04. The van der Waals surface area contributed by atoms with E-state index in [9.17, 15) is 18.4 Å². The lowest BCUT2D eigenvalue weighted by molar-refractivity contribution is -0.137. The molecular formula is C15H19F2NO4. The molecule has 7 heteroatoms. The van der Waals surface area contributed by atoms with Crippen molar-refractivity contribution in [3.05, 3.63) is 29.8 Å². The van der Waals surface area contributed by atoms with Gasteiger partial charge in [-0.2, -0.15) is 0 Å². The number of rotatable bonds is 10. The summed E-state index contributed by atoms with van der Waals surface area (Å²) in [6.07, 6.45) is 1.84. The second-order valence-electron chi connectivity index (χ2n) is 4.73. The van der Waals surface area contributed by atoms with Gasteiger partial charge >= 0.3 is 5.97 Å².